The number of piperidine rings is 1. The molecule has 0 spiro atoms. The zero-order chi connectivity index (χ0) is 19.4. The van der Waals surface area contributed by atoms with Crippen LogP contribution in [0.25, 0.3) is 0 Å². The van der Waals surface area contributed by atoms with Crippen LogP contribution < -0.4 is 10.6 Å². The van der Waals surface area contributed by atoms with Gasteiger partial charge in [-0.1, -0.05) is 0 Å². The predicted molar refractivity (Wildman–Crippen MR) is 121 cm³/mol. The van der Waals surface area contributed by atoms with Gasteiger partial charge in [-0.2, -0.15) is 0 Å². The van der Waals surface area contributed by atoms with E-state index in [4.69, 9.17) is 9.47 Å². The van der Waals surface area contributed by atoms with Gasteiger partial charge in [0.15, 0.2) is 5.96 Å². The van der Waals surface area contributed by atoms with Crippen molar-refractivity contribution in [3.63, 3.8) is 0 Å². The molecule has 8 heteroatoms. The summed E-state index contributed by atoms with van der Waals surface area (Å²) in [5, 5.41) is 6.65. The van der Waals surface area contributed by atoms with Crippen molar-refractivity contribution in [1.29, 1.82) is 0 Å². The molecule has 27 heavy (non-hydrogen) atoms. The summed E-state index contributed by atoms with van der Waals surface area (Å²) in [7, 11) is 1.78. The molecule has 2 N–H and O–H groups in total. The van der Waals surface area contributed by atoms with E-state index in [1.54, 1.807) is 7.05 Å². The van der Waals surface area contributed by atoms with Crippen molar-refractivity contribution >= 4 is 36.0 Å². The monoisotopic (exact) mass is 498 g/mol. The van der Waals surface area contributed by atoms with Crippen molar-refractivity contribution in [2.45, 2.75) is 59.0 Å². The number of carbonyl (C=O) groups excluding carboxylic acids is 1. The van der Waals surface area contributed by atoms with Gasteiger partial charge in [-0.3, -0.25) is 4.99 Å². The summed E-state index contributed by atoms with van der Waals surface area (Å²) in [5.41, 5.74) is -0.439. The van der Waals surface area contributed by atoms with Crippen molar-refractivity contribution in [3.8, 4) is 0 Å². The maximum Gasteiger partial charge on any atom is 0.410 e. The highest BCUT2D eigenvalue weighted by molar-refractivity contribution is 14.0. The third-order valence-corrected chi connectivity index (χ3v) is 4.20. The summed E-state index contributed by atoms with van der Waals surface area (Å²) in [6, 6.07) is 0. The van der Waals surface area contributed by atoms with E-state index in [9.17, 15) is 4.79 Å². The van der Waals surface area contributed by atoms with Crippen LogP contribution in [-0.2, 0) is 9.47 Å². The van der Waals surface area contributed by atoms with E-state index in [2.05, 4.69) is 15.6 Å². The molecule has 0 aliphatic carbocycles. The van der Waals surface area contributed by atoms with Gasteiger partial charge in [-0.25, -0.2) is 4.79 Å². The molecule has 0 aromatic rings. The Morgan fingerprint density at radius 3 is 2.59 bits per heavy atom. The average molecular weight is 498 g/mol. The molecule has 7 nitrogen and oxygen atoms in total. The van der Waals surface area contributed by atoms with Gasteiger partial charge in [0, 0.05) is 46.4 Å². The molecular formula is C19H39IN4O3. The Balaban J connectivity index is 0.00000676. The lowest BCUT2D eigenvalue weighted by atomic mass is 9.95. The second kappa shape index (κ2) is 14.3. The standard InChI is InChI=1S/C19H38N4O3.HI/c1-6-25-14-8-11-21-17(20-5)22-12-10-16-9-7-13-23(15-16)18(24)26-19(2,3)4;/h16H,6-15H2,1-5H3,(H2,20,21,22);1H. The SMILES string of the molecule is CCOCCCNC(=NC)NCCC1CCCN(C(=O)OC(C)(C)C)C1.I. The van der Waals surface area contributed by atoms with Crippen molar-refractivity contribution in [1.82, 2.24) is 15.5 Å². The molecule has 1 aliphatic heterocycles. The molecule has 1 heterocycles. The number of likely N-dealkylation sites (tertiary alicyclic amines) is 1. The number of aliphatic imine (C=N–C) groups is 1. The Hall–Kier alpha value is -0.770. The van der Waals surface area contributed by atoms with Crippen LogP contribution in [0.4, 0.5) is 4.79 Å². The van der Waals surface area contributed by atoms with E-state index < -0.39 is 5.60 Å². The molecule has 0 bridgehead atoms. The Labute approximate surface area is 182 Å². The maximum atomic E-state index is 12.2. The molecule has 1 aliphatic rings. The zero-order valence-corrected chi connectivity index (χ0v) is 20.0. The van der Waals surface area contributed by atoms with Crippen LogP contribution in [-0.4, -0.2) is 69.0 Å². The summed E-state index contributed by atoms with van der Waals surface area (Å²) in [5.74, 6) is 1.32. The number of rotatable bonds is 8. The number of ether oxygens (including phenoxy) is 2. The number of nitrogens with zero attached hydrogens (tertiary/aromatic N) is 2. The van der Waals surface area contributed by atoms with Crippen molar-refractivity contribution in [2.75, 3.05) is 46.4 Å². The van der Waals surface area contributed by atoms with Crippen LogP contribution in [0.15, 0.2) is 4.99 Å². The van der Waals surface area contributed by atoms with Crippen LogP contribution in [0.1, 0.15) is 53.4 Å². The molecule has 0 aromatic heterocycles. The lowest BCUT2D eigenvalue weighted by Gasteiger charge is -2.34. The van der Waals surface area contributed by atoms with Gasteiger partial charge in [0.1, 0.15) is 5.60 Å². The fourth-order valence-corrected chi connectivity index (χ4v) is 2.93. The summed E-state index contributed by atoms with van der Waals surface area (Å²) in [4.78, 5) is 18.3. The molecular weight excluding hydrogens is 459 g/mol. The average Bonchev–Trinajstić information content (AvgIpc) is 2.59. The second-order valence-electron chi connectivity index (χ2n) is 7.70. The quantitative estimate of drug-likeness (QED) is 0.233. The first-order valence-electron chi connectivity index (χ1n) is 9.86. The number of nitrogens with one attached hydrogen (secondary N) is 2. The Morgan fingerprint density at radius 2 is 1.96 bits per heavy atom. The maximum absolute atomic E-state index is 12.2. The molecule has 1 atom stereocenters. The lowest BCUT2D eigenvalue weighted by Crippen LogP contribution is -2.44. The molecule has 0 saturated carbocycles. The highest BCUT2D eigenvalue weighted by Gasteiger charge is 2.27. The van der Waals surface area contributed by atoms with Crippen molar-refractivity contribution in [2.24, 2.45) is 10.9 Å². The number of amides is 1. The predicted octanol–water partition coefficient (Wildman–Crippen LogP) is 3.23. The number of hydrogen-bond donors (Lipinski definition) is 2. The molecule has 1 saturated heterocycles. The fourth-order valence-electron chi connectivity index (χ4n) is 2.93. The smallest absolute Gasteiger partial charge is 0.410 e. The van der Waals surface area contributed by atoms with E-state index in [1.165, 1.54) is 0 Å². The third kappa shape index (κ3) is 12.3. The van der Waals surface area contributed by atoms with Crippen LogP contribution >= 0.6 is 24.0 Å². The first kappa shape index (κ1) is 26.2. The van der Waals surface area contributed by atoms with E-state index in [0.717, 1.165) is 71.0 Å². The third-order valence-electron chi connectivity index (χ3n) is 4.20. The summed E-state index contributed by atoms with van der Waals surface area (Å²) < 4.78 is 10.8. The molecule has 1 fully saturated rings. The Morgan fingerprint density at radius 1 is 1.26 bits per heavy atom. The largest absolute Gasteiger partial charge is 0.444 e. The molecule has 160 valence electrons. The summed E-state index contributed by atoms with van der Waals surface area (Å²) in [6.07, 6.45) is 3.97. The van der Waals surface area contributed by atoms with Crippen LogP contribution in [0.5, 0.6) is 0 Å². The van der Waals surface area contributed by atoms with Gasteiger partial charge in [0.25, 0.3) is 0 Å². The highest BCUT2D eigenvalue weighted by Crippen LogP contribution is 2.21. The molecule has 1 amide bonds. The molecule has 1 rings (SSSR count). The van der Waals surface area contributed by atoms with Gasteiger partial charge >= 0.3 is 6.09 Å². The van der Waals surface area contributed by atoms with Crippen molar-refractivity contribution in [3.05, 3.63) is 0 Å². The van der Waals surface area contributed by atoms with E-state index >= 15 is 0 Å². The minimum absolute atomic E-state index is 0. The first-order chi connectivity index (χ1) is 12.4. The normalized spacial score (nSPS) is 17.9. The second-order valence-corrected chi connectivity index (χ2v) is 7.70. The van der Waals surface area contributed by atoms with Gasteiger partial charge in [-0.05, 0) is 59.3 Å². The minimum atomic E-state index is -0.439. The van der Waals surface area contributed by atoms with E-state index in [1.807, 2.05) is 32.6 Å². The van der Waals surface area contributed by atoms with Gasteiger partial charge < -0.3 is 25.0 Å². The zero-order valence-electron chi connectivity index (χ0n) is 17.7. The Bertz CT molecular complexity index is 441. The van der Waals surface area contributed by atoms with Gasteiger partial charge in [0.05, 0.1) is 0 Å². The lowest BCUT2D eigenvalue weighted by molar-refractivity contribution is 0.0162. The topological polar surface area (TPSA) is 75.2 Å². The first-order valence-corrected chi connectivity index (χ1v) is 9.86. The number of halogens is 1. The Kier molecular flexibility index (Phi) is 13.9. The summed E-state index contributed by atoms with van der Waals surface area (Å²) in [6.45, 7) is 12.5. The summed E-state index contributed by atoms with van der Waals surface area (Å²) >= 11 is 0. The molecule has 0 radical (unpaired) electrons. The number of guanidine groups is 1. The van der Waals surface area contributed by atoms with Gasteiger partial charge in [0.2, 0.25) is 0 Å². The number of hydrogen-bond acceptors (Lipinski definition) is 4. The number of carbonyl (C=O) groups is 1. The van der Waals surface area contributed by atoms with Gasteiger partial charge in [-0.15, -0.1) is 24.0 Å². The van der Waals surface area contributed by atoms with Crippen LogP contribution in [0.3, 0.4) is 0 Å². The van der Waals surface area contributed by atoms with E-state index in [0.29, 0.717) is 5.92 Å². The van der Waals surface area contributed by atoms with Crippen molar-refractivity contribution < 1.29 is 14.3 Å². The van der Waals surface area contributed by atoms with E-state index in [-0.39, 0.29) is 30.1 Å². The molecule has 0 aromatic carbocycles. The van der Waals surface area contributed by atoms with Crippen LogP contribution in [0.2, 0.25) is 0 Å². The minimum Gasteiger partial charge on any atom is -0.444 e. The molecule has 1 unspecified atom stereocenters. The highest BCUT2D eigenvalue weighted by atomic mass is 127. The fraction of sp³-hybridized carbons (Fsp3) is 0.895. The van der Waals surface area contributed by atoms with Crippen LogP contribution in [0, 0.1) is 5.92 Å².